The number of hydrogen-bond donors (Lipinski definition) is 2. The second-order valence-electron chi connectivity index (χ2n) is 7.99. The fourth-order valence-electron chi connectivity index (χ4n) is 3.73. The second kappa shape index (κ2) is 10.1. The topological polar surface area (TPSA) is 78.5 Å². The number of carbonyl (C=O) groups is 1. The van der Waals surface area contributed by atoms with Crippen LogP contribution in [0.1, 0.15) is 48.5 Å². The van der Waals surface area contributed by atoms with Gasteiger partial charge in [0.25, 0.3) is 15.9 Å². The third kappa shape index (κ3) is 6.06. The van der Waals surface area contributed by atoms with Gasteiger partial charge in [-0.2, -0.15) is 0 Å². The number of carbonyl (C=O) groups excluding carboxylic acids is 1. The number of benzene rings is 2. The lowest BCUT2D eigenvalue weighted by molar-refractivity contribution is 0.0949. The lowest BCUT2D eigenvalue weighted by atomic mass is 10.0. The maximum Gasteiger partial charge on any atom is 0.261 e. The van der Waals surface area contributed by atoms with Gasteiger partial charge in [0, 0.05) is 30.4 Å². The average molecular weight is 430 g/mol. The van der Waals surface area contributed by atoms with E-state index < -0.39 is 10.0 Å². The average Bonchev–Trinajstić information content (AvgIpc) is 2.72. The summed E-state index contributed by atoms with van der Waals surface area (Å²) in [6, 6.07) is 13.8. The molecule has 2 N–H and O–H groups in total. The summed E-state index contributed by atoms with van der Waals surface area (Å²) in [6.45, 7) is 6.89. The molecule has 2 aromatic rings. The van der Waals surface area contributed by atoms with Crippen molar-refractivity contribution in [3.8, 4) is 0 Å². The molecule has 0 unspecified atom stereocenters. The minimum Gasteiger partial charge on any atom is -0.352 e. The molecule has 0 aromatic heterocycles. The van der Waals surface area contributed by atoms with E-state index >= 15 is 0 Å². The quantitative estimate of drug-likeness (QED) is 0.626. The fourth-order valence-corrected chi connectivity index (χ4v) is 4.78. The van der Waals surface area contributed by atoms with E-state index in [1.165, 1.54) is 19.3 Å². The van der Waals surface area contributed by atoms with Crippen molar-refractivity contribution in [1.82, 2.24) is 10.2 Å². The Morgan fingerprint density at radius 1 is 1.13 bits per heavy atom. The number of aryl methyl sites for hydroxylation is 1. The van der Waals surface area contributed by atoms with Crippen LogP contribution >= 0.6 is 0 Å². The molecule has 1 amide bonds. The zero-order valence-corrected chi connectivity index (χ0v) is 18.5. The maximum atomic E-state index is 12.6. The van der Waals surface area contributed by atoms with Crippen molar-refractivity contribution < 1.29 is 13.2 Å². The monoisotopic (exact) mass is 429 g/mol. The second-order valence-corrected chi connectivity index (χ2v) is 9.67. The van der Waals surface area contributed by atoms with Gasteiger partial charge in [0.05, 0.1) is 4.90 Å². The number of likely N-dealkylation sites (tertiary alicyclic amines) is 1. The van der Waals surface area contributed by atoms with Crippen molar-refractivity contribution in [1.29, 1.82) is 0 Å². The summed E-state index contributed by atoms with van der Waals surface area (Å²) in [5, 5.41) is 2.94. The first-order valence-corrected chi connectivity index (χ1v) is 12.1. The highest BCUT2D eigenvalue weighted by Crippen LogP contribution is 2.18. The Balaban J connectivity index is 1.54. The van der Waals surface area contributed by atoms with E-state index in [4.69, 9.17) is 0 Å². The zero-order valence-electron chi connectivity index (χ0n) is 17.7. The summed E-state index contributed by atoms with van der Waals surface area (Å²) >= 11 is 0. The number of nitrogens with one attached hydrogen (secondary N) is 2. The summed E-state index contributed by atoms with van der Waals surface area (Å²) in [6.07, 6.45) is 4.70. The standard InChI is InChI=1S/C23H31N3O3S/c1-18-10-12-22(13-11-18)30(28,29)25-21-9-5-8-20(17-21)23(27)24-14-6-16-26-15-4-3-7-19(26)2/h5,8-13,17,19,25H,3-4,6-7,14-16H2,1-2H3,(H,24,27)/t19-/m0/s1. The third-order valence-corrected chi connectivity index (χ3v) is 6.95. The van der Waals surface area contributed by atoms with Crippen LogP contribution in [0.2, 0.25) is 0 Å². The smallest absolute Gasteiger partial charge is 0.261 e. The third-order valence-electron chi connectivity index (χ3n) is 5.56. The Morgan fingerprint density at radius 2 is 1.90 bits per heavy atom. The van der Waals surface area contributed by atoms with Gasteiger partial charge in [-0.15, -0.1) is 0 Å². The minimum absolute atomic E-state index is 0.190. The summed E-state index contributed by atoms with van der Waals surface area (Å²) in [7, 11) is -3.70. The van der Waals surface area contributed by atoms with Gasteiger partial charge >= 0.3 is 0 Å². The van der Waals surface area contributed by atoms with Crippen molar-refractivity contribution in [3.05, 3.63) is 59.7 Å². The van der Waals surface area contributed by atoms with Crippen molar-refractivity contribution in [2.75, 3.05) is 24.4 Å². The van der Waals surface area contributed by atoms with Gasteiger partial charge in [-0.25, -0.2) is 8.42 Å². The molecule has 7 heteroatoms. The van der Waals surface area contributed by atoms with Gasteiger partial charge in [-0.3, -0.25) is 9.52 Å². The molecule has 3 rings (SSSR count). The van der Waals surface area contributed by atoms with E-state index in [0.717, 1.165) is 25.1 Å². The number of sulfonamides is 1. The maximum absolute atomic E-state index is 12.6. The summed E-state index contributed by atoms with van der Waals surface area (Å²) in [5.41, 5.74) is 1.79. The molecule has 0 spiro atoms. The van der Waals surface area contributed by atoms with Crippen molar-refractivity contribution >= 4 is 21.6 Å². The molecule has 1 fully saturated rings. The van der Waals surface area contributed by atoms with Gasteiger partial charge in [0.2, 0.25) is 0 Å². The van der Waals surface area contributed by atoms with Gasteiger partial charge in [-0.05, 0) is 70.0 Å². The first-order valence-electron chi connectivity index (χ1n) is 10.6. The minimum atomic E-state index is -3.70. The van der Waals surface area contributed by atoms with E-state index in [1.54, 1.807) is 48.5 Å². The molecule has 1 atom stereocenters. The molecule has 1 aliphatic heterocycles. The SMILES string of the molecule is Cc1ccc(S(=O)(=O)Nc2cccc(C(=O)NCCCN3CCCC[C@@H]3C)c2)cc1. The predicted molar refractivity (Wildman–Crippen MR) is 120 cm³/mol. The van der Waals surface area contributed by atoms with Gasteiger partial charge < -0.3 is 10.2 Å². The molecule has 0 saturated carbocycles. The molecule has 2 aromatic carbocycles. The van der Waals surface area contributed by atoms with Crippen LogP contribution in [0.5, 0.6) is 0 Å². The van der Waals surface area contributed by atoms with E-state index in [2.05, 4.69) is 21.9 Å². The van der Waals surface area contributed by atoms with Crippen molar-refractivity contribution in [2.24, 2.45) is 0 Å². The molecule has 1 heterocycles. The Bertz CT molecular complexity index is 958. The van der Waals surface area contributed by atoms with Crippen LogP contribution in [-0.4, -0.2) is 44.9 Å². The number of amides is 1. The lowest BCUT2D eigenvalue weighted by Gasteiger charge is -2.33. The van der Waals surface area contributed by atoms with E-state index in [0.29, 0.717) is 23.8 Å². The Morgan fingerprint density at radius 3 is 2.63 bits per heavy atom. The first kappa shape index (κ1) is 22.3. The number of piperidine rings is 1. The number of rotatable bonds is 8. The number of hydrogen-bond acceptors (Lipinski definition) is 4. The summed E-state index contributed by atoms with van der Waals surface area (Å²) < 4.78 is 27.7. The Hall–Kier alpha value is -2.38. The van der Waals surface area contributed by atoms with Gasteiger partial charge in [0.1, 0.15) is 0 Å². The van der Waals surface area contributed by atoms with Crippen LogP contribution in [-0.2, 0) is 10.0 Å². The Labute approximate surface area is 179 Å². The van der Waals surface area contributed by atoms with Crippen molar-refractivity contribution in [2.45, 2.75) is 50.5 Å². The molecular formula is C23H31N3O3S. The molecule has 1 saturated heterocycles. The molecular weight excluding hydrogens is 398 g/mol. The predicted octanol–water partition coefficient (Wildman–Crippen LogP) is 3.79. The number of anilines is 1. The normalized spacial score (nSPS) is 17.5. The van der Waals surface area contributed by atoms with Gasteiger partial charge in [-0.1, -0.05) is 30.2 Å². The highest BCUT2D eigenvalue weighted by molar-refractivity contribution is 7.92. The largest absolute Gasteiger partial charge is 0.352 e. The molecule has 1 aliphatic rings. The molecule has 0 bridgehead atoms. The van der Waals surface area contributed by atoms with Crippen LogP contribution in [0.15, 0.2) is 53.4 Å². The molecule has 162 valence electrons. The first-order chi connectivity index (χ1) is 14.3. The zero-order chi connectivity index (χ0) is 21.6. The van der Waals surface area contributed by atoms with Crippen LogP contribution in [0, 0.1) is 6.92 Å². The van der Waals surface area contributed by atoms with E-state index in [-0.39, 0.29) is 10.8 Å². The molecule has 6 nitrogen and oxygen atoms in total. The van der Waals surface area contributed by atoms with Crippen LogP contribution in [0.25, 0.3) is 0 Å². The van der Waals surface area contributed by atoms with E-state index in [9.17, 15) is 13.2 Å². The highest BCUT2D eigenvalue weighted by atomic mass is 32.2. The van der Waals surface area contributed by atoms with Crippen molar-refractivity contribution in [3.63, 3.8) is 0 Å². The van der Waals surface area contributed by atoms with E-state index in [1.807, 2.05) is 6.92 Å². The van der Waals surface area contributed by atoms with Crippen LogP contribution in [0.4, 0.5) is 5.69 Å². The Kier molecular flexibility index (Phi) is 7.50. The lowest BCUT2D eigenvalue weighted by Crippen LogP contribution is -2.39. The summed E-state index contributed by atoms with van der Waals surface area (Å²) in [4.78, 5) is 15.2. The molecule has 0 aliphatic carbocycles. The highest BCUT2D eigenvalue weighted by Gasteiger charge is 2.18. The molecule has 30 heavy (non-hydrogen) atoms. The summed E-state index contributed by atoms with van der Waals surface area (Å²) in [5.74, 6) is -0.196. The van der Waals surface area contributed by atoms with Crippen LogP contribution in [0.3, 0.4) is 0 Å². The van der Waals surface area contributed by atoms with Gasteiger partial charge in [0.15, 0.2) is 0 Å². The molecule has 0 radical (unpaired) electrons. The van der Waals surface area contributed by atoms with Crippen LogP contribution < -0.4 is 10.0 Å². The fraction of sp³-hybridized carbons (Fsp3) is 0.435. The number of nitrogens with zero attached hydrogens (tertiary/aromatic N) is 1.